The molecule has 0 aliphatic rings. The van der Waals surface area contributed by atoms with Gasteiger partial charge in [-0.2, -0.15) is 0 Å². The highest BCUT2D eigenvalue weighted by molar-refractivity contribution is 7.98. The number of benzene rings is 1. The lowest BCUT2D eigenvalue weighted by atomic mass is 9.81. The van der Waals surface area contributed by atoms with Crippen molar-refractivity contribution in [2.75, 3.05) is 6.26 Å². The molecule has 88 valence electrons. The van der Waals surface area contributed by atoms with E-state index >= 15 is 0 Å². The molecule has 3 heteroatoms. The maximum atomic E-state index is 10.8. The third kappa shape index (κ3) is 3.01. The Balaban J connectivity index is 3.08. The summed E-state index contributed by atoms with van der Waals surface area (Å²) in [6.07, 6.45) is 2.19. The van der Waals surface area contributed by atoms with E-state index in [-0.39, 0.29) is 11.8 Å². The molecular weight excluding hydrogens is 220 g/mol. The number of hydrogen-bond donors (Lipinski definition) is 1. The van der Waals surface area contributed by atoms with Gasteiger partial charge >= 0.3 is 5.97 Å². The molecule has 0 aliphatic carbocycles. The van der Waals surface area contributed by atoms with Crippen molar-refractivity contribution < 1.29 is 9.90 Å². The Bertz CT molecular complexity index is 397. The lowest BCUT2D eigenvalue weighted by Gasteiger charge is -2.24. The van der Waals surface area contributed by atoms with Crippen LogP contribution in [-0.2, 0) is 10.2 Å². The summed E-state index contributed by atoms with van der Waals surface area (Å²) < 4.78 is 0. The Morgan fingerprint density at radius 2 is 2.06 bits per heavy atom. The summed E-state index contributed by atoms with van der Waals surface area (Å²) >= 11 is 1.70. The van der Waals surface area contributed by atoms with Gasteiger partial charge in [-0.3, -0.25) is 4.79 Å². The van der Waals surface area contributed by atoms with E-state index in [9.17, 15) is 4.79 Å². The van der Waals surface area contributed by atoms with Crippen molar-refractivity contribution in [2.24, 2.45) is 0 Å². The minimum absolute atomic E-state index is 0.157. The molecule has 1 rings (SSSR count). The second-order valence-corrected chi connectivity index (χ2v) is 5.49. The number of carbonyl (C=O) groups is 1. The highest BCUT2D eigenvalue weighted by atomic mass is 32.2. The third-order valence-electron chi connectivity index (χ3n) is 2.78. The summed E-state index contributed by atoms with van der Waals surface area (Å²) in [6, 6.07) is 6.19. The fourth-order valence-electron chi connectivity index (χ4n) is 1.72. The molecular formula is C13H18O2S. The number of carboxylic acid groups (broad SMARTS) is 1. The van der Waals surface area contributed by atoms with Crippen LogP contribution >= 0.6 is 11.8 Å². The van der Waals surface area contributed by atoms with E-state index in [0.29, 0.717) is 0 Å². The van der Waals surface area contributed by atoms with Gasteiger partial charge in [-0.25, -0.2) is 0 Å². The van der Waals surface area contributed by atoms with Crippen molar-refractivity contribution in [3.05, 3.63) is 29.3 Å². The van der Waals surface area contributed by atoms with Gasteiger partial charge in [0.2, 0.25) is 0 Å². The molecule has 1 aromatic carbocycles. The first-order valence-electron chi connectivity index (χ1n) is 5.24. The predicted octanol–water partition coefficient (Wildman–Crippen LogP) is 3.47. The van der Waals surface area contributed by atoms with E-state index in [1.54, 1.807) is 11.8 Å². The van der Waals surface area contributed by atoms with Gasteiger partial charge in [-0.05, 0) is 30.4 Å². The number of hydrogen-bond acceptors (Lipinski definition) is 2. The molecule has 0 saturated heterocycles. The van der Waals surface area contributed by atoms with Crippen LogP contribution in [0.2, 0.25) is 0 Å². The first kappa shape index (κ1) is 13.1. The van der Waals surface area contributed by atoms with Crippen LogP contribution < -0.4 is 0 Å². The zero-order chi connectivity index (χ0) is 12.3. The average Bonchev–Trinajstić information content (AvgIpc) is 2.16. The molecule has 0 aliphatic heterocycles. The average molecular weight is 238 g/mol. The summed E-state index contributed by atoms with van der Waals surface area (Å²) in [4.78, 5) is 12.0. The molecule has 1 aromatic rings. The summed E-state index contributed by atoms with van der Waals surface area (Å²) in [5.41, 5.74) is 2.01. The summed E-state index contributed by atoms with van der Waals surface area (Å²) in [7, 11) is 0. The van der Waals surface area contributed by atoms with Crippen molar-refractivity contribution in [3.8, 4) is 0 Å². The van der Waals surface area contributed by atoms with Crippen molar-refractivity contribution in [3.63, 3.8) is 0 Å². The Kier molecular flexibility index (Phi) is 4.03. The quantitative estimate of drug-likeness (QED) is 0.816. The molecule has 0 amide bonds. The molecule has 0 heterocycles. The highest BCUT2D eigenvalue weighted by Gasteiger charge is 2.24. The van der Waals surface area contributed by atoms with Crippen molar-refractivity contribution in [1.82, 2.24) is 0 Å². The number of rotatable bonds is 4. The van der Waals surface area contributed by atoms with Crippen molar-refractivity contribution in [2.45, 2.75) is 37.5 Å². The zero-order valence-electron chi connectivity index (χ0n) is 10.2. The molecule has 0 atom stereocenters. The summed E-state index contributed by atoms with van der Waals surface area (Å²) in [6.45, 7) is 6.01. The summed E-state index contributed by atoms with van der Waals surface area (Å²) in [5.74, 6) is -0.753. The van der Waals surface area contributed by atoms with Gasteiger partial charge in [0.1, 0.15) is 0 Å². The van der Waals surface area contributed by atoms with E-state index < -0.39 is 5.97 Å². The van der Waals surface area contributed by atoms with Crippen LogP contribution in [0.3, 0.4) is 0 Å². The number of aryl methyl sites for hydroxylation is 1. The Morgan fingerprint density at radius 3 is 2.56 bits per heavy atom. The van der Waals surface area contributed by atoms with Gasteiger partial charge in [0, 0.05) is 10.3 Å². The topological polar surface area (TPSA) is 37.3 Å². The molecule has 0 unspecified atom stereocenters. The third-order valence-corrected chi connectivity index (χ3v) is 3.66. The van der Waals surface area contributed by atoms with E-state index in [1.807, 2.05) is 26.2 Å². The molecule has 0 aromatic heterocycles. The second-order valence-electron chi connectivity index (χ2n) is 4.64. The smallest absolute Gasteiger partial charge is 0.304 e. The van der Waals surface area contributed by atoms with Gasteiger partial charge in [0.25, 0.3) is 0 Å². The highest BCUT2D eigenvalue weighted by Crippen LogP contribution is 2.31. The van der Waals surface area contributed by atoms with Gasteiger partial charge in [-0.15, -0.1) is 11.8 Å². The van der Waals surface area contributed by atoms with Crippen LogP contribution in [0.5, 0.6) is 0 Å². The lowest BCUT2D eigenvalue weighted by Crippen LogP contribution is -2.21. The monoisotopic (exact) mass is 238 g/mol. The van der Waals surface area contributed by atoms with Crippen LogP contribution in [0.1, 0.15) is 31.4 Å². The Morgan fingerprint density at radius 1 is 1.44 bits per heavy atom. The fraction of sp³-hybridized carbons (Fsp3) is 0.462. The van der Waals surface area contributed by atoms with Gasteiger partial charge < -0.3 is 5.11 Å². The van der Waals surface area contributed by atoms with Gasteiger partial charge in [0.15, 0.2) is 0 Å². The first-order chi connectivity index (χ1) is 7.36. The number of aliphatic carboxylic acids is 1. The van der Waals surface area contributed by atoms with Crippen molar-refractivity contribution in [1.29, 1.82) is 0 Å². The number of carboxylic acids is 1. The van der Waals surface area contributed by atoms with E-state index in [0.717, 1.165) is 5.56 Å². The van der Waals surface area contributed by atoms with Crippen LogP contribution in [0, 0.1) is 6.92 Å². The number of thioether (sulfide) groups is 1. The molecule has 1 N–H and O–H groups in total. The largest absolute Gasteiger partial charge is 0.481 e. The lowest BCUT2D eigenvalue weighted by molar-refractivity contribution is -0.138. The van der Waals surface area contributed by atoms with Crippen LogP contribution in [0.25, 0.3) is 0 Å². The second kappa shape index (κ2) is 4.91. The van der Waals surface area contributed by atoms with Crippen molar-refractivity contribution >= 4 is 17.7 Å². The maximum Gasteiger partial charge on any atom is 0.304 e. The van der Waals surface area contributed by atoms with E-state index in [2.05, 4.69) is 19.1 Å². The van der Waals surface area contributed by atoms with Gasteiger partial charge in [-0.1, -0.05) is 26.0 Å². The molecule has 0 bridgehead atoms. The predicted molar refractivity (Wildman–Crippen MR) is 68.2 cm³/mol. The first-order valence-corrected chi connectivity index (χ1v) is 6.46. The van der Waals surface area contributed by atoms with Crippen LogP contribution in [-0.4, -0.2) is 17.3 Å². The Hall–Kier alpha value is -0.960. The Labute approximate surface area is 101 Å². The van der Waals surface area contributed by atoms with E-state index in [4.69, 9.17) is 5.11 Å². The molecule has 0 spiro atoms. The minimum Gasteiger partial charge on any atom is -0.481 e. The molecule has 2 nitrogen and oxygen atoms in total. The van der Waals surface area contributed by atoms with E-state index in [1.165, 1.54) is 10.5 Å². The minimum atomic E-state index is -0.753. The van der Waals surface area contributed by atoms with Crippen LogP contribution in [0.4, 0.5) is 0 Å². The van der Waals surface area contributed by atoms with Gasteiger partial charge in [0.05, 0.1) is 6.42 Å². The summed E-state index contributed by atoms with van der Waals surface area (Å²) in [5, 5.41) is 8.89. The molecule has 0 saturated carbocycles. The SMILES string of the molecule is CSc1cc(C(C)(C)CC(=O)O)ccc1C. The zero-order valence-corrected chi connectivity index (χ0v) is 11.0. The normalized spacial score (nSPS) is 11.5. The standard InChI is InChI=1S/C13H18O2S/c1-9-5-6-10(7-11(9)16-4)13(2,3)8-12(14)15/h5-7H,8H2,1-4H3,(H,14,15). The molecule has 0 fully saturated rings. The van der Waals surface area contributed by atoms with Crippen LogP contribution in [0.15, 0.2) is 23.1 Å². The molecule has 0 radical (unpaired) electrons. The fourth-order valence-corrected chi connectivity index (χ4v) is 2.36. The molecule has 16 heavy (non-hydrogen) atoms. The maximum absolute atomic E-state index is 10.8.